The van der Waals surface area contributed by atoms with Crippen LogP contribution in [0.5, 0.6) is 5.88 Å². The van der Waals surface area contributed by atoms with E-state index in [4.69, 9.17) is 4.74 Å². The lowest BCUT2D eigenvalue weighted by Gasteiger charge is -2.34. The minimum absolute atomic E-state index is 0.183. The van der Waals surface area contributed by atoms with Gasteiger partial charge in [-0.1, -0.05) is 32.0 Å². The zero-order valence-electron chi connectivity index (χ0n) is 21.7. The fourth-order valence-electron chi connectivity index (χ4n) is 4.95. The number of likely N-dealkylation sites (N-methyl/N-ethyl adjacent to an activating group) is 1. The number of aryl methyl sites for hydroxylation is 2. The van der Waals surface area contributed by atoms with E-state index in [2.05, 4.69) is 46.2 Å². The number of ether oxygens (including phenoxy) is 1. The van der Waals surface area contributed by atoms with Gasteiger partial charge >= 0.3 is 12.0 Å². The van der Waals surface area contributed by atoms with E-state index in [1.807, 2.05) is 30.3 Å². The molecular weight excluding hydrogens is 468 g/mol. The van der Waals surface area contributed by atoms with Crippen molar-refractivity contribution in [3.63, 3.8) is 0 Å². The van der Waals surface area contributed by atoms with Crippen LogP contribution in [0.15, 0.2) is 42.5 Å². The molecule has 1 fully saturated rings. The maximum atomic E-state index is 13.1. The molecule has 0 bridgehead atoms. The minimum atomic E-state index is -0.466. The first kappa shape index (κ1) is 24.8. The summed E-state index contributed by atoms with van der Waals surface area (Å²) in [6, 6.07) is 13.4. The summed E-state index contributed by atoms with van der Waals surface area (Å²) >= 11 is 0. The van der Waals surface area contributed by atoms with Crippen molar-refractivity contribution >= 4 is 23.4 Å². The second-order valence-electron chi connectivity index (χ2n) is 9.66. The number of piperazine rings is 1. The molecule has 1 aromatic heterocycles. The van der Waals surface area contributed by atoms with Crippen LogP contribution in [0.1, 0.15) is 46.6 Å². The molecule has 0 aliphatic carbocycles. The summed E-state index contributed by atoms with van der Waals surface area (Å²) in [5.41, 5.74) is 6.19. The molecule has 0 radical (unpaired) electrons. The Morgan fingerprint density at radius 3 is 2.30 bits per heavy atom. The number of fused-ring (bicyclic) bond motifs is 1. The highest BCUT2D eigenvalue weighted by Crippen LogP contribution is 2.31. The molecule has 1 saturated heterocycles. The van der Waals surface area contributed by atoms with Gasteiger partial charge in [0.2, 0.25) is 5.88 Å². The Morgan fingerprint density at radius 2 is 1.65 bits per heavy atom. The fourth-order valence-corrected chi connectivity index (χ4v) is 4.95. The Bertz CT molecular complexity index is 1260. The summed E-state index contributed by atoms with van der Waals surface area (Å²) < 4.78 is 5.64. The number of nitrogens with one attached hydrogen (secondary N) is 2. The summed E-state index contributed by atoms with van der Waals surface area (Å²) in [7, 11) is 2.13. The molecule has 0 saturated carbocycles. The predicted molar refractivity (Wildman–Crippen MR) is 143 cm³/mol. The van der Waals surface area contributed by atoms with E-state index in [9.17, 15) is 9.59 Å². The number of H-pyrrole nitrogens is 1. The van der Waals surface area contributed by atoms with Crippen molar-refractivity contribution in [2.45, 2.75) is 39.8 Å². The summed E-state index contributed by atoms with van der Waals surface area (Å²) in [6.07, 6.45) is 1.67. The number of aromatic nitrogens is 2. The number of carbonyl (C=O) groups excluding carboxylic acids is 2. The molecule has 3 heterocycles. The number of carbonyl (C=O) groups is 2. The first-order valence-corrected chi connectivity index (χ1v) is 12.9. The lowest BCUT2D eigenvalue weighted by atomic mass is 10.0. The van der Waals surface area contributed by atoms with Gasteiger partial charge < -0.3 is 24.8 Å². The largest absolute Gasteiger partial charge is 0.402 e. The molecule has 3 aromatic rings. The second-order valence-corrected chi connectivity index (χ2v) is 9.66. The van der Waals surface area contributed by atoms with Gasteiger partial charge in [-0.3, -0.25) is 5.10 Å². The molecule has 0 spiro atoms. The molecule has 194 valence electrons. The standard InChI is InChI=1S/C28H34N6O3/c1-4-19-7-6-8-20(5-2)25(19)29-28(36)34-17-23-24(18-34)30-31-26(23)37-27(35)21-9-11-22(12-10-21)33-15-13-32(3)14-16-33/h6-12H,4-5,13-18H2,1-3H3,(H,29,36)(H,30,31). The smallest absolute Gasteiger partial charge is 0.344 e. The van der Waals surface area contributed by atoms with Crippen LogP contribution in [-0.2, 0) is 25.9 Å². The number of hydrogen-bond acceptors (Lipinski definition) is 6. The van der Waals surface area contributed by atoms with Crippen LogP contribution in [0.3, 0.4) is 0 Å². The lowest BCUT2D eigenvalue weighted by molar-refractivity contribution is 0.0725. The molecule has 5 rings (SSSR count). The zero-order chi connectivity index (χ0) is 25.9. The first-order chi connectivity index (χ1) is 18.0. The third kappa shape index (κ3) is 5.17. The van der Waals surface area contributed by atoms with Crippen LogP contribution in [0.2, 0.25) is 0 Å². The Kier molecular flexibility index (Phi) is 7.14. The highest BCUT2D eigenvalue weighted by molar-refractivity contribution is 5.92. The number of aromatic amines is 1. The minimum Gasteiger partial charge on any atom is -0.402 e. The van der Waals surface area contributed by atoms with Crippen molar-refractivity contribution in [3.05, 3.63) is 70.4 Å². The molecule has 9 nitrogen and oxygen atoms in total. The number of para-hydroxylation sites is 1. The molecule has 0 unspecified atom stereocenters. The summed E-state index contributed by atoms with van der Waals surface area (Å²) in [5, 5.41) is 10.2. The summed E-state index contributed by atoms with van der Waals surface area (Å²) in [5.74, 6) is -0.242. The second kappa shape index (κ2) is 10.6. The van der Waals surface area contributed by atoms with Crippen LogP contribution in [-0.4, -0.2) is 65.2 Å². The van der Waals surface area contributed by atoms with Crippen LogP contribution in [0.25, 0.3) is 0 Å². The van der Waals surface area contributed by atoms with E-state index < -0.39 is 5.97 Å². The fraction of sp³-hybridized carbons (Fsp3) is 0.393. The van der Waals surface area contributed by atoms with Crippen molar-refractivity contribution in [1.29, 1.82) is 0 Å². The van der Waals surface area contributed by atoms with Crippen molar-refractivity contribution in [1.82, 2.24) is 20.0 Å². The number of esters is 1. The molecule has 2 N–H and O–H groups in total. The third-order valence-electron chi connectivity index (χ3n) is 7.29. The molecule has 2 aromatic carbocycles. The number of amides is 2. The third-order valence-corrected chi connectivity index (χ3v) is 7.29. The van der Waals surface area contributed by atoms with E-state index in [0.29, 0.717) is 18.7 Å². The van der Waals surface area contributed by atoms with Crippen LogP contribution < -0.4 is 15.0 Å². The van der Waals surface area contributed by atoms with Gasteiger partial charge in [0.25, 0.3) is 0 Å². The van der Waals surface area contributed by atoms with Gasteiger partial charge in [0, 0.05) is 37.6 Å². The van der Waals surface area contributed by atoms with Crippen molar-refractivity contribution in [2.75, 3.05) is 43.4 Å². The van der Waals surface area contributed by atoms with E-state index in [1.54, 1.807) is 17.0 Å². The lowest BCUT2D eigenvalue weighted by Crippen LogP contribution is -2.44. The first-order valence-electron chi connectivity index (χ1n) is 12.9. The normalized spacial score (nSPS) is 15.5. The Balaban J connectivity index is 1.22. The molecule has 37 heavy (non-hydrogen) atoms. The number of benzene rings is 2. The summed E-state index contributed by atoms with van der Waals surface area (Å²) in [4.78, 5) is 32.3. The van der Waals surface area contributed by atoms with Crippen molar-refractivity contribution in [2.24, 2.45) is 0 Å². The quantitative estimate of drug-likeness (QED) is 0.494. The van der Waals surface area contributed by atoms with Gasteiger partial charge in [0.15, 0.2) is 0 Å². The van der Waals surface area contributed by atoms with Crippen LogP contribution >= 0.6 is 0 Å². The Hall–Kier alpha value is -3.85. The Morgan fingerprint density at radius 1 is 0.973 bits per heavy atom. The molecule has 0 atom stereocenters. The topological polar surface area (TPSA) is 93.8 Å². The summed E-state index contributed by atoms with van der Waals surface area (Å²) in [6.45, 7) is 8.83. The molecule has 2 aliphatic rings. The van der Waals surface area contributed by atoms with E-state index in [-0.39, 0.29) is 11.9 Å². The number of nitrogens with zero attached hydrogens (tertiary/aromatic N) is 4. The van der Waals surface area contributed by atoms with Gasteiger partial charge in [0.05, 0.1) is 29.9 Å². The van der Waals surface area contributed by atoms with Gasteiger partial charge in [-0.05, 0) is 55.3 Å². The van der Waals surface area contributed by atoms with Gasteiger partial charge in [-0.2, -0.15) is 0 Å². The predicted octanol–water partition coefficient (Wildman–Crippen LogP) is 4.05. The average Bonchev–Trinajstić information content (AvgIpc) is 3.51. The number of rotatable bonds is 6. The highest BCUT2D eigenvalue weighted by Gasteiger charge is 2.30. The van der Waals surface area contributed by atoms with Crippen molar-refractivity contribution < 1.29 is 14.3 Å². The van der Waals surface area contributed by atoms with Gasteiger partial charge in [0.1, 0.15) is 0 Å². The number of urea groups is 1. The maximum absolute atomic E-state index is 13.1. The maximum Gasteiger partial charge on any atom is 0.344 e. The average molecular weight is 503 g/mol. The molecule has 2 aliphatic heterocycles. The monoisotopic (exact) mass is 502 g/mol. The van der Waals surface area contributed by atoms with Crippen LogP contribution in [0.4, 0.5) is 16.2 Å². The van der Waals surface area contributed by atoms with Crippen LogP contribution in [0, 0.1) is 0 Å². The van der Waals surface area contributed by atoms with E-state index >= 15 is 0 Å². The Labute approximate surface area is 217 Å². The zero-order valence-corrected chi connectivity index (χ0v) is 21.7. The van der Waals surface area contributed by atoms with Crippen molar-refractivity contribution in [3.8, 4) is 5.88 Å². The van der Waals surface area contributed by atoms with E-state index in [0.717, 1.165) is 72.8 Å². The van der Waals surface area contributed by atoms with Gasteiger partial charge in [-0.15, -0.1) is 5.10 Å². The highest BCUT2D eigenvalue weighted by atomic mass is 16.5. The number of anilines is 2. The molecule has 9 heteroatoms. The molecule has 2 amide bonds. The van der Waals surface area contributed by atoms with E-state index in [1.165, 1.54) is 0 Å². The number of hydrogen-bond donors (Lipinski definition) is 2. The van der Waals surface area contributed by atoms with Gasteiger partial charge in [-0.25, -0.2) is 9.59 Å². The molecular formula is C28H34N6O3. The SMILES string of the molecule is CCc1cccc(CC)c1NC(=O)N1Cc2[nH]nc(OC(=O)c3ccc(N4CCN(C)CC4)cc3)c2C1.